The highest BCUT2D eigenvalue weighted by molar-refractivity contribution is 5.92. The molecule has 0 fully saturated rings. The van der Waals surface area contributed by atoms with E-state index in [-0.39, 0.29) is 11.7 Å². The molecule has 0 unspecified atom stereocenters. The number of amides is 1. The van der Waals surface area contributed by atoms with Gasteiger partial charge in [-0.3, -0.25) is 9.48 Å². The standard InChI is InChI=1S/C22H25N5O2/c1-5-27-12-18(15(4)25-27)20-11-21(29-26-20)22(28)23-9-8-16-14(3)24-19-7-6-13(2)10-17(16)19/h6-7,10-12,24H,5,8-9H2,1-4H3,(H,23,28). The van der Waals surface area contributed by atoms with Crippen LogP contribution in [0, 0.1) is 20.8 Å². The number of nitrogens with zero attached hydrogens (tertiary/aromatic N) is 3. The number of rotatable bonds is 6. The van der Waals surface area contributed by atoms with Crippen molar-refractivity contribution in [3.05, 3.63) is 58.7 Å². The van der Waals surface area contributed by atoms with E-state index in [9.17, 15) is 4.79 Å². The summed E-state index contributed by atoms with van der Waals surface area (Å²) >= 11 is 0. The molecule has 2 N–H and O–H groups in total. The summed E-state index contributed by atoms with van der Waals surface area (Å²) in [6.45, 7) is 9.38. The molecule has 0 bridgehead atoms. The first-order valence-corrected chi connectivity index (χ1v) is 9.83. The molecule has 3 aromatic heterocycles. The van der Waals surface area contributed by atoms with Gasteiger partial charge in [-0.05, 0) is 51.8 Å². The Morgan fingerprint density at radius 1 is 1.24 bits per heavy atom. The molecule has 1 amide bonds. The second-order valence-corrected chi connectivity index (χ2v) is 7.34. The van der Waals surface area contributed by atoms with Crippen molar-refractivity contribution in [2.75, 3.05) is 6.54 Å². The molecule has 150 valence electrons. The van der Waals surface area contributed by atoms with Gasteiger partial charge >= 0.3 is 0 Å². The van der Waals surface area contributed by atoms with E-state index >= 15 is 0 Å². The predicted molar refractivity (Wildman–Crippen MR) is 112 cm³/mol. The first kappa shape index (κ1) is 19.0. The molecule has 7 nitrogen and oxygen atoms in total. The molecule has 0 saturated heterocycles. The van der Waals surface area contributed by atoms with Crippen LogP contribution >= 0.6 is 0 Å². The van der Waals surface area contributed by atoms with Gasteiger partial charge in [-0.15, -0.1) is 0 Å². The van der Waals surface area contributed by atoms with E-state index in [1.165, 1.54) is 16.5 Å². The number of carbonyl (C=O) groups is 1. The molecular weight excluding hydrogens is 366 g/mol. The molecule has 0 radical (unpaired) electrons. The van der Waals surface area contributed by atoms with Crippen molar-refractivity contribution in [2.24, 2.45) is 0 Å². The number of aryl methyl sites for hydroxylation is 4. The third kappa shape index (κ3) is 3.68. The van der Waals surface area contributed by atoms with Gasteiger partial charge in [0.15, 0.2) is 0 Å². The fourth-order valence-electron chi connectivity index (χ4n) is 3.65. The number of fused-ring (bicyclic) bond motifs is 1. The van der Waals surface area contributed by atoms with E-state index in [1.54, 1.807) is 6.07 Å². The SMILES string of the molecule is CCn1cc(-c2cc(C(=O)NCCc3c(C)[nH]c4ccc(C)cc34)on2)c(C)n1. The fourth-order valence-corrected chi connectivity index (χ4v) is 3.65. The first-order valence-electron chi connectivity index (χ1n) is 9.83. The third-order valence-corrected chi connectivity index (χ3v) is 5.22. The van der Waals surface area contributed by atoms with E-state index in [0.717, 1.165) is 35.4 Å². The van der Waals surface area contributed by atoms with Crippen LogP contribution in [0.3, 0.4) is 0 Å². The molecule has 29 heavy (non-hydrogen) atoms. The second-order valence-electron chi connectivity index (χ2n) is 7.34. The smallest absolute Gasteiger partial charge is 0.289 e. The normalized spacial score (nSPS) is 11.3. The average molecular weight is 391 g/mol. The summed E-state index contributed by atoms with van der Waals surface area (Å²) in [7, 11) is 0. The van der Waals surface area contributed by atoms with Crippen LogP contribution in [0.1, 0.15) is 40.0 Å². The van der Waals surface area contributed by atoms with E-state index in [0.29, 0.717) is 12.2 Å². The van der Waals surface area contributed by atoms with Crippen LogP contribution in [0.2, 0.25) is 0 Å². The average Bonchev–Trinajstić information content (AvgIpc) is 3.39. The van der Waals surface area contributed by atoms with Gasteiger partial charge in [0.25, 0.3) is 5.91 Å². The zero-order valence-corrected chi connectivity index (χ0v) is 17.2. The number of hydrogen-bond acceptors (Lipinski definition) is 4. The molecular formula is C22H25N5O2. The fraction of sp³-hybridized carbons (Fsp3) is 0.318. The number of aromatic nitrogens is 4. The second kappa shape index (κ2) is 7.58. The maximum atomic E-state index is 12.5. The lowest BCUT2D eigenvalue weighted by Crippen LogP contribution is -2.25. The minimum atomic E-state index is -0.266. The summed E-state index contributed by atoms with van der Waals surface area (Å²) < 4.78 is 7.11. The lowest BCUT2D eigenvalue weighted by Gasteiger charge is -2.04. The molecule has 0 spiro atoms. The number of aromatic amines is 1. The number of hydrogen-bond donors (Lipinski definition) is 2. The summed E-state index contributed by atoms with van der Waals surface area (Å²) in [6.07, 6.45) is 2.65. The van der Waals surface area contributed by atoms with E-state index in [2.05, 4.69) is 52.6 Å². The van der Waals surface area contributed by atoms with Crippen LogP contribution in [-0.2, 0) is 13.0 Å². The maximum absolute atomic E-state index is 12.5. The van der Waals surface area contributed by atoms with Crippen molar-refractivity contribution in [1.82, 2.24) is 25.2 Å². The molecule has 0 saturated carbocycles. The Kier molecular flexibility index (Phi) is 4.96. The van der Waals surface area contributed by atoms with Crippen LogP contribution in [0.25, 0.3) is 22.2 Å². The third-order valence-electron chi connectivity index (χ3n) is 5.22. The lowest BCUT2D eigenvalue weighted by molar-refractivity contribution is 0.0917. The monoisotopic (exact) mass is 391 g/mol. The molecule has 1 aromatic carbocycles. The van der Waals surface area contributed by atoms with E-state index in [1.807, 2.05) is 24.7 Å². The van der Waals surface area contributed by atoms with E-state index < -0.39 is 0 Å². The van der Waals surface area contributed by atoms with Gasteiger partial charge in [0, 0.05) is 47.5 Å². The molecule has 7 heteroatoms. The summed E-state index contributed by atoms with van der Waals surface area (Å²) in [5.74, 6) is -0.0619. The van der Waals surface area contributed by atoms with Crippen LogP contribution in [0.15, 0.2) is 35.0 Å². The zero-order chi connectivity index (χ0) is 20.5. The summed E-state index contributed by atoms with van der Waals surface area (Å²) in [5.41, 5.74) is 7.05. The Morgan fingerprint density at radius 2 is 2.07 bits per heavy atom. The summed E-state index contributed by atoms with van der Waals surface area (Å²) in [5, 5.41) is 12.6. The van der Waals surface area contributed by atoms with Crippen LogP contribution in [0.5, 0.6) is 0 Å². The largest absolute Gasteiger partial charge is 0.358 e. The van der Waals surface area contributed by atoms with Gasteiger partial charge in [-0.2, -0.15) is 5.10 Å². The van der Waals surface area contributed by atoms with Gasteiger partial charge in [0.05, 0.1) is 5.69 Å². The van der Waals surface area contributed by atoms with Crippen molar-refractivity contribution >= 4 is 16.8 Å². The Morgan fingerprint density at radius 3 is 2.83 bits per heavy atom. The highest BCUT2D eigenvalue weighted by Gasteiger charge is 2.17. The molecule has 0 aliphatic carbocycles. The van der Waals surface area contributed by atoms with Crippen molar-refractivity contribution in [3.8, 4) is 11.3 Å². The van der Waals surface area contributed by atoms with Crippen molar-refractivity contribution in [3.63, 3.8) is 0 Å². The number of carbonyl (C=O) groups excluding carboxylic acids is 1. The zero-order valence-electron chi connectivity index (χ0n) is 17.2. The highest BCUT2D eigenvalue weighted by Crippen LogP contribution is 2.24. The van der Waals surface area contributed by atoms with Crippen LogP contribution in [0.4, 0.5) is 0 Å². The molecule has 0 atom stereocenters. The quantitative estimate of drug-likeness (QED) is 0.521. The van der Waals surface area contributed by atoms with Gasteiger partial charge in [0.2, 0.25) is 5.76 Å². The van der Waals surface area contributed by atoms with Crippen molar-refractivity contribution in [1.29, 1.82) is 0 Å². The summed E-state index contributed by atoms with van der Waals surface area (Å²) in [6, 6.07) is 8.03. The Labute approximate surface area is 169 Å². The summed E-state index contributed by atoms with van der Waals surface area (Å²) in [4.78, 5) is 15.9. The van der Waals surface area contributed by atoms with Crippen LogP contribution in [-0.4, -0.2) is 32.4 Å². The Balaban J connectivity index is 1.43. The minimum absolute atomic E-state index is 0.204. The van der Waals surface area contributed by atoms with Gasteiger partial charge in [-0.1, -0.05) is 16.8 Å². The van der Waals surface area contributed by atoms with Crippen molar-refractivity contribution in [2.45, 2.75) is 40.7 Å². The molecule has 4 rings (SSSR count). The van der Waals surface area contributed by atoms with Gasteiger partial charge < -0.3 is 14.8 Å². The Hall–Kier alpha value is -3.35. The maximum Gasteiger partial charge on any atom is 0.289 e. The first-order chi connectivity index (χ1) is 14.0. The topological polar surface area (TPSA) is 88.7 Å². The van der Waals surface area contributed by atoms with Gasteiger partial charge in [0.1, 0.15) is 5.69 Å². The van der Waals surface area contributed by atoms with Gasteiger partial charge in [-0.25, -0.2) is 0 Å². The predicted octanol–water partition coefficient (Wildman–Crippen LogP) is 3.94. The molecule has 0 aliphatic heterocycles. The van der Waals surface area contributed by atoms with Crippen LogP contribution < -0.4 is 5.32 Å². The van der Waals surface area contributed by atoms with Crippen molar-refractivity contribution < 1.29 is 9.32 Å². The number of H-pyrrole nitrogens is 1. The molecule has 0 aliphatic rings. The van der Waals surface area contributed by atoms with E-state index in [4.69, 9.17) is 4.52 Å². The molecule has 4 aromatic rings. The highest BCUT2D eigenvalue weighted by atomic mass is 16.5. The number of benzene rings is 1. The minimum Gasteiger partial charge on any atom is -0.358 e. The molecule has 3 heterocycles. The number of nitrogens with one attached hydrogen (secondary N) is 2. The lowest BCUT2D eigenvalue weighted by atomic mass is 10.1. The Bertz CT molecular complexity index is 1180.